The standard InChI is InChI=1S/C15H18F3N3O/c16-15(17,18)10-3-4-11(19-8-10)9-20-13-2-1-7-21(14(13)22)12-5-6-12/h3-4,8,12-13,20H,1-2,5-7,9H2. The third kappa shape index (κ3) is 3.40. The Morgan fingerprint density at radius 1 is 1.27 bits per heavy atom. The molecular weight excluding hydrogens is 295 g/mol. The van der Waals surface area contributed by atoms with Crippen molar-refractivity contribution in [1.29, 1.82) is 0 Å². The predicted octanol–water partition coefficient (Wildman–Crippen LogP) is 2.34. The molecule has 2 fully saturated rings. The van der Waals surface area contributed by atoms with E-state index in [1.807, 2.05) is 4.90 Å². The van der Waals surface area contributed by atoms with Gasteiger partial charge < -0.3 is 10.2 Å². The van der Waals surface area contributed by atoms with Gasteiger partial charge in [-0.25, -0.2) is 0 Å². The summed E-state index contributed by atoms with van der Waals surface area (Å²) in [5, 5.41) is 3.12. The first-order valence-electron chi connectivity index (χ1n) is 7.51. The molecule has 2 aliphatic rings. The van der Waals surface area contributed by atoms with Gasteiger partial charge >= 0.3 is 6.18 Å². The molecule has 1 aromatic heterocycles. The Morgan fingerprint density at radius 2 is 2.05 bits per heavy atom. The van der Waals surface area contributed by atoms with Crippen molar-refractivity contribution in [2.45, 2.75) is 50.5 Å². The van der Waals surface area contributed by atoms with Crippen LogP contribution in [0.25, 0.3) is 0 Å². The zero-order valence-corrected chi connectivity index (χ0v) is 12.1. The van der Waals surface area contributed by atoms with Gasteiger partial charge in [-0.2, -0.15) is 13.2 Å². The second-order valence-electron chi connectivity index (χ2n) is 5.87. The topological polar surface area (TPSA) is 45.2 Å². The van der Waals surface area contributed by atoms with E-state index in [-0.39, 0.29) is 11.9 Å². The van der Waals surface area contributed by atoms with Crippen LogP contribution in [0.2, 0.25) is 0 Å². The number of nitrogens with zero attached hydrogens (tertiary/aromatic N) is 2. The van der Waals surface area contributed by atoms with Crippen LogP contribution in [0, 0.1) is 0 Å². The maximum atomic E-state index is 12.5. The van der Waals surface area contributed by atoms with Crippen LogP contribution in [0.3, 0.4) is 0 Å². The first kappa shape index (κ1) is 15.3. The molecule has 1 atom stereocenters. The summed E-state index contributed by atoms with van der Waals surface area (Å²) in [5.74, 6) is 0.112. The molecule has 7 heteroatoms. The second-order valence-corrected chi connectivity index (χ2v) is 5.87. The predicted molar refractivity (Wildman–Crippen MR) is 73.8 cm³/mol. The zero-order valence-electron chi connectivity index (χ0n) is 12.1. The number of hydrogen-bond donors (Lipinski definition) is 1. The summed E-state index contributed by atoms with van der Waals surface area (Å²) in [7, 11) is 0. The van der Waals surface area contributed by atoms with Crippen LogP contribution in [0.15, 0.2) is 18.3 Å². The highest BCUT2D eigenvalue weighted by Gasteiger charge is 2.37. The first-order valence-corrected chi connectivity index (χ1v) is 7.51. The van der Waals surface area contributed by atoms with Gasteiger partial charge in [0.15, 0.2) is 0 Å². The number of rotatable bonds is 4. The minimum atomic E-state index is -4.37. The number of halogens is 3. The Morgan fingerprint density at radius 3 is 2.64 bits per heavy atom. The molecule has 0 aromatic carbocycles. The number of hydrogen-bond acceptors (Lipinski definition) is 3. The quantitative estimate of drug-likeness (QED) is 0.928. The van der Waals surface area contributed by atoms with Crippen LogP contribution in [-0.2, 0) is 17.5 Å². The van der Waals surface area contributed by atoms with Gasteiger partial charge in [-0.1, -0.05) is 0 Å². The average molecular weight is 313 g/mol. The van der Waals surface area contributed by atoms with Crippen molar-refractivity contribution in [2.24, 2.45) is 0 Å². The van der Waals surface area contributed by atoms with Crippen LogP contribution >= 0.6 is 0 Å². The van der Waals surface area contributed by atoms with Crippen molar-refractivity contribution in [3.8, 4) is 0 Å². The van der Waals surface area contributed by atoms with Crippen molar-refractivity contribution >= 4 is 5.91 Å². The molecule has 1 saturated heterocycles. The number of carbonyl (C=O) groups is 1. The second kappa shape index (κ2) is 5.87. The molecule has 4 nitrogen and oxygen atoms in total. The zero-order chi connectivity index (χ0) is 15.7. The maximum absolute atomic E-state index is 12.5. The molecule has 0 spiro atoms. The number of aromatic nitrogens is 1. The van der Waals surface area contributed by atoms with Crippen LogP contribution in [0.5, 0.6) is 0 Å². The Kier molecular flexibility index (Phi) is 4.08. The molecule has 1 saturated carbocycles. The summed E-state index contributed by atoms with van der Waals surface area (Å²) >= 11 is 0. The Hall–Kier alpha value is -1.63. The van der Waals surface area contributed by atoms with Crippen molar-refractivity contribution in [1.82, 2.24) is 15.2 Å². The summed E-state index contributed by atoms with van der Waals surface area (Å²) < 4.78 is 37.4. The monoisotopic (exact) mass is 313 g/mol. The number of amides is 1. The van der Waals surface area contributed by atoms with E-state index in [0.29, 0.717) is 18.3 Å². The number of piperidine rings is 1. The Balaban J connectivity index is 1.56. The van der Waals surface area contributed by atoms with E-state index in [9.17, 15) is 18.0 Å². The molecule has 22 heavy (non-hydrogen) atoms. The number of likely N-dealkylation sites (tertiary alicyclic amines) is 1. The highest BCUT2D eigenvalue weighted by Crippen LogP contribution is 2.30. The molecule has 3 rings (SSSR count). The Labute approximate surface area is 126 Å². The van der Waals surface area contributed by atoms with E-state index >= 15 is 0 Å². The van der Waals surface area contributed by atoms with Crippen LogP contribution in [-0.4, -0.2) is 34.4 Å². The number of pyridine rings is 1. The summed E-state index contributed by atoms with van der Waals surface area (Å²) in [6.07, 6.45) is 0.347. The highest BCUT2D eigenvalue weighted by atomic mass is 19.4. The summed E-state index contributed by atoms with van der Waals surface area (Å²) in [5.41, 5.74) is -0.255. The largest absolute Gasteiger partial charge is 0.417 e. The molecule has 1 unspecified atom stereocenters. The van der Waals surface area contributed by atoms with E-state index < -0.39 is 11.7 Å². The number of nitrogens with one attached hydrogen (secondary N) is 1. The average Bonchev–Trinajstić information content (AvgIpc) is 3.30. The molecule has 1 aliphatic carbocycles. The maximum Gasteiger partial charge on any atom is 0.417 e. The van der Waals surface area contributed by atoms with Crippen LogP contribution < -0.4 is 5.32 Å². The van der Waals surface area contributed by atoms with Gasteiger partial charge in [0.05, 0.1) is 17.3 Å². The molecule has 0 radical (unpaired) electrons. The lowest BCUT2D eigenvalue weighted by Crippen LogP contribution is -2.51. The summed E-state index contributed by atoms with van der Waals surface area (Å²) in [4.78, 5) is 18.1. The van der Waals surface area contributed by atoms with Crippen molar-refractivity contribution in [3.05, 3.63) is 29.6 Å². The number of alkyl halides is 3. The van der Waals surface area contributed by atoms with Gasteiger partial charge in [0.1, 0.15) is 0 Å². The van der Waals surface area contributed by atoms with E-state index in [2.05, 4.69) is 10.3 Å². The van der Waals surface area contributed by atoms with Gasteiger partial charge in [-0.05, 0) is 37.8 Å². The fraction of sp³-hybridized carbons (Fsp3) is 0.600. The Bertz CT molecular complexity index is 540. The minimum Gasteiger partial charge on any atom is -0.338 e. The molecule has 0 bridgehead atoms. The molecular formula is C15H18F3N3O. The van der Waals surface area contributed by atoms with Crippen LogP contribution in [0.4, 0.5) is 13.2 Å². The van der Waals surface area contributed by atoms with Gasteiger partial charge in [-0.15, -0.1) is 0 Å². The van der Waals surface area contributed by atoms with Gasteiger partial charge in [0.2, 0.25) is 5.91 Å². The highest BCUT2D eigenvalue weighted by molar-refractivity contribution is 5.83. The molecule has 1 N–H and O–H groups in total. The van der Waals surface area contributed by atoms with Gasteiger partial charge in [0.25, 0.3) is 0 Å². The number of carbonyl (C=O) groups excluding carboxylic acids is 1. The fourth-order valence-corrected chi connectivity index (χ4v) is 2.76. The van der Waals surface area contributed by atoms with Crippen LogP contribution in [0.1, 0.15) is 36.9 Å². The van der Waals surface area contributed by atoms with Gasteiger partial charge in [-0.3, -0.25) is 9.78 Å². The fourth-order valence-electron chi connectivity index (χ4n) is 2.76. The smallest absolute Gasteiger partial charge is 0.338 e. The van der Waals surface area contributed by atoms with Crippen molar-refractivity contribution < 1.29 is 18.0 Å². The molecule has 120 valence electrons. The molecule has 1 aliphatic heterocycles. The SMILES string of the molecule is O=C1C(NCc2ccc(C(F)(F)F)cn2)CCCN1C1CC1. The normalized spacial score (nSPS) is 23.0. The van der Waals surface area contributed by atoms with E-state index in [0.717, 1.165) is 44.5 Å². The van der Waals surface area contributed by atoms with E-state index in [1.165, 1.54) is 6.07 Å². The lowest BCUT2D eigenvalue weighted by Gasteiger charge is -2.32. The van der Waals surface area contributed by atoms with E-state index in [4.69, 9.17) is 0 Å². The summed E-state index contributed by atoms with van der Waals surface area (Å²) in [6, 6.07) is 2.52. The van der Waals surface area contributed by atoms with Crippen molar-refractivity contribution in [2.75, 3.05) is 6.54 Å². The molecule has 1 amide bonds. The molecule has 1 aromatic rings. The summed E-state index contributed by atoms with van der Waals surface area (Å²) in [6.45, 7) is 1.12. The lowest BCUT2D eigenvalue weighted by atomic mass is 10.0. The van der Waals surface area contributed by atoms with Crippen molar-refractivity contribution in [3.63, 3.8) is 0 Å². The molecule has 2 heterocycles. The third-order valence-electron chi connectivity index (χ3n) is 4.14. The lowest BCUT2D eigenvalue weighted by molar-refractivity contribution is -0.138. The third-order valence-corrected chi connectivity index (χ3v) is 4.14. The minimum absolute atomic E-state index is 0.112. The first-order chi connectivity index (χ1) is 10.4. The van der Waals surface area contributed by atoms with E-state index in [1.54, 1.807) is 0 Å². The van der Waals surface area contributed by atoms with Gasteiger partial charge in [0, 0.05) is 25.3 Å².